The first kappa shape index (κ1) is 14.2. The highest BCUT2D eigenvalue weighted by Crippen LogP contribution is 2.12. The van der Waals surface area contributed by atoms with Crippen LogP contribution in [0.4, 0.5) is 0 Å². The van der Waals surface area contributed by atoms with Gasteiger partial charge in [0, 0.05) is 32.3 Å². The van der Waals surface area contributed by atoms with Crippen molar-refractivity contribution in [1.82, 2.24) is 15.1 Å². The first-order chi connectivity index (χ1) is 8.12. The summed E-state index contributed by atoms with van der Waals surface area (Å²) in [7, 11) is 5.78. The van der Waals surface area contributed by atoms with Crippen LogP contribution in [0.2, 0.25) is 0 Å². The third-order valence-electron chi connectivity index (χ3n) is 3.22. The van der Waals surface area contributed by atoms with Crippen LogP contribution < -0.4 is 5.32 Å². The Labute approximate surface area is 104 Å². The molecule has 0 aromatic carbocycles. The summed E-state index contributed by atoms with van der Waals surface area (Å²) in [6.45, 7) is 4.21. The second kappa shape index (κ2) is 6.77. The predicted octanol–water partition coefficient (Wildman–Crippen LogP) is 1.67. The molecule has 0 bridgehead atoms. The van der Waals surface area contributed by atoms with Gasteiger partial charge in [0.15, 0.2) is 0 Å². The van der Waals surface area contributed by atoms with Crippen LogP contribution >= 0.6 is 0 Å². The van der Waals surface area contributed by atoms with Crippen molar-refractivity contribution in [2.24, 2.45) is 7.05 Å². The fraction of sp³-hybridized carbons (Fsp3) is 0.769. The number of aryl methyl sites for hydroxylation is 2. The van der Waals surface area contributed by atoms with Crippen molar-refractivity contribution in [2.75, 3.05) is 14.2 Å². The lowest BCUT2D eigenvalue weighted by molar-refractivity contribution is 0.0627. The number of nitrogens with zero attached hydrogens (tertiary/aromatic N) is 2. The van der Waals surface area contributed by atoms with Crippen LogP contribution in [0.25, 0.3) is 0 Å². The molecule has 0 aliphatic heterocycles. The average molecular weight is 239 g/mol. The zero-order valence-electron chi connectivity index (χ0n) is 11.7. The molecule has 2 atom stereocenters. The molecule has 98 valence electrons. The minimum atomic E-state index is 0.264. The van der Waals surface area contributed by atoms with E-state index in [9.17, 15) is 0 Å². The molecule has 1 aromatic rings. The maximum atomic E-state index is 5.57. The van der Waals surface area contributed by atoms with Gasteiger partial charge in [0.05, 0.1) is 11.8 Å². The topological polar surface area (TPSA) is 39.1 Å². The molecule has 17 heavy (non-hydrogen) atoms. The second-order valence-electron chi connectivity index (χ2n) is 4.56. The van der Waals surface area contributed by atoms with Gasteiger partial charge in [-0.15, -0.1) is 0 Å². The summed E-state index contributed by atoms with van der Waals surface area (Å²) in [4.78, 5) is 0. The van der Waals surface area contributed by atoms with E-state index in [2.05, 4.69) is 23.4 Å². The Morgan fingerprint density at radius 3 is 2.65 bits per heavy atom. The van der Waals surface area contributed by atoms with E-state index in [4.69, 9.17) is 4.74 Å². The zero-order valence-corrected chi connectivity index (χ0v) is 11.7. The maximum Gasteiger partial charge on any atom is 0.0727 e. The van der Waals surface area contributed by atoms with Crippen molar-refractivity contribution in [1.29, 1.82) is 0 Å². The van der Waals surface area contributed by atoms with E-state index >= 15 is 0 Å². The Morgan fingerprint density at radius 1 is 1.53 bits per heavy atom. The van der Waals surface area contributed by atoms with Gasteiger partial charge in [0.25, 0.3) is 0 Å². The van der Waals surface area contributed by atoms with Gasteiger partial charge in [0.1, 0.15) is 0 Å². The van der Waals surface area contributed by atoms with E-state index in [-0.39, 0.29) is 6.10 Å². The van der Waals surface area contributed by atoms with E-state index in [0.717, 1.165) is 25.0 Å². The highest BCUT2D eigenvalue weighted by atomic mass is 16.5. The Hall–Kier alpha value is -0.870. The number of nitrogens with one attached hydrogen (secondary N) is 1. The molecule has 0 radical (unpaired) electrons. The molecule has 1 N–H and O–H groups in total. The van der Waals surface area contributed by atoms with Crippen LogP contribution in [-0.2, 0) is 18.2 Å². The van der Waals surface area contributed by atoms with Crippen LogP contribution in [0.15, 0.2) is 6.07 Å². The number of likely N-dealkylation sites (N-methyl/N-ethyl adjacent to an activating group) is 1. The molecule has 0 aliphatic rings. The maximum absolute atomic E-state index is 5.57. The summed E-state index contributed by atoms with van der Waals surface area (Å²) >= 11 is 0. The van der Waals surface area contributed by atoms with Gasteiger partial charge in [0.2, 0.25) is 0 Å². The Morgan fingerprint density at radius 2 is 2.24 bits per heavy atom. The number of hydrogen-bond acceptors (Lipinski definition) is 3. The number of aromatic nitrogens is 2. The number of methoxy groups -OCH3 is 1. The van der Waals surface area contributed by atoms with Gasteiger partial charge in [-0.2, -0.15) is 5.10 Å². The third kappa shape index (κ3) is 3.82. The minimum Gasteiger partial charge on any atom is -0.380 e. The van der Waals surface area contributed by atoms with Gasteiger partial charge in [-0.05, 0) is 26.5 Å². The molecule has 0 spiro atoms. The van der Waals surface area contributed by atoms with Gasteiger partial charge in [-0.3, -0.25) is 4.68 Å². The van der Waals surface area contributed by atoms with Gasteiger partial charge >= 0.3 is 0 Å². The lowest BCUT2D eigenvalue weighted by Gasteiger charge is -2.25. The molecule has 0 saturated carbocycles. The summed E-state index contributed by atoms with van der Waals surface area (Å²) in [5.41, 5.74) is 2.32. The van der Waals surface area contributed by atoms with Crippen LogP contribution in [0, 0.1) is 6.92 Å². The molecule has 4 heteroatoms. The summed E-state index contributed by atoms with van der Waals surface area (Å²) in [6.07, 6.45) is 3.44. The second-order valence-corrected chi connectivity index (χ2v) is 4.56. The van der Waals surface area contributed by atoms with Gasteiger partial charge < -0.3 is 10.1 Å². The highest BCUT2D eigenvalue weighted by Gasteiger charge is 2.20. The minimum absolute atomic E-state index is 0.264. The predicted molar refractivity (Wildman–Crippen MR) is 70.2 cm³/mol. The molecule has 0 aliphatic carbocycles. The SMILES string of the molecule is CCCC(OC)C(Cc1cc(C)nn1C)NC. The Kier molecular flexibility index (Phi) is 5.65. The monoisotopic (exact) mass is 239 g/mol. The molecule has 0 fully saturated rings. The number of hydrogen-bond donors (Lipinski definition) is 1. The smallest absolute Gasteiger partial charge is 0.0727 e. The summed E-state index contributed by atoms with van der Waals surface area (Å²) < 4.78 is 7.53. The first-order valence-corrected chi connectivity index (χ1v) is 6.31. The quantitative estimate of drug-likeness (QED) is 0.787. The fourth-order valence-corrected chi connectivity index (χ4v) is 2.27. The molecule has 1 aromatic heterocycles. The fourth-order valence-electron chi connectivity index (χ4n) is 2.27. The molecule has 1 heterocycles. The molecule has 2 unspecified atom stereocenters. The Bertz CT molecular complexity index is 335. The van der Waals surface area contributed by atoms with Gasteiger partial charge in [-0.25, -0.2) is 0 Å². The van der Waals surface area contributed by atoms with Crippen molar-refractivity contribution in [3.8, 4) is 0 Å². The largest absolute Gasteiger partial charge is 0.380 e. The van der Waals surface area contributed by atoms with Crippen LogP contribution in [0.1, 0.15) is 31.2 Å². The standard InChI is InChI=1S/C13H25N3O/c1-6-7-13(17-5)12(14-3)9-11-8-10(2)15-16(11)4/h8,12-14H,6-7,9H2,1-5H3. The van der Waals surface area contributed by atoms with Crippen molar-refractivity contribution in [3.05, 3.63) is 17.5 Å². The first-order valence-electron chi connectivity index (χ1n) is 6.31. The summed E-state index contributed by atoms with van der Waals surface area (Å²) in [6, 6.07) is 2.48. The third-order valence-corrected chi connectivity index (χ3v) is 3.22. The molecule has 4 nitrogen and oxygen atoms in total. The van der Waals surface area contributed by atoms with E-state index in [0.29, 0.717) is 6.04 Å². The van der Waals surface area contributed by atoms with E-state index in [1.54, 1.807) is 7.11 Å². The molecular weight excluding hydrogens is 214 g/mol. The lowest BCUT2D eigenvalue weighted by atomic mass is 10.0. The lowest BCUT2D eigenvalue weighted by Crippen LogP contribution is -2.41. The molecule has 0 amide bonds. The van der Waals surface area contributed by atoms with Crippen LogP contribution in [0.3, 0.4) is 0 Å². The summed E-state index contributed by atoms with van der Waals surface area (Å²) in [5, 5.41) is 7.73. The number of rotatable bonds is 7. The summed E-state index contributed by atoms with van der Waals surface area (Å²) in [5.74, 6) is 0. The molecular formula is C13H25N3O. The van der Waals surface area contributed by atoms with Crippen molar-refractivity contribution in [3.63, 3.8) is 0 Å². The van der Waals surface area contributed by atoms with E-state index in [1.165, 1.54) is 5.69 Å². The van der Waals surface area contributed by atoms with E-state index in [1.807, 2.05) is 25.7 Å². The average Bonchev–Trinajstić information content (AvgIpc) is 2.62. The van der Waals surface area contributed by atoms with Crippen molar-refractivity contribution < 1.29 is 4.74 Å². The molecule has 0 saturated heterocycles. The van der Waals surface area contributed by atoms with Gasteiger partial charge in [-0.1, -0.05) is 13.3 Å². The Balaban J connectivity index is 2.71. The van der Waals surface area contributed by atoms with Crippen molar-refractivity contribution in [2.45, 2.75) is 45.3 Å². The van der Waals surface area contributed by atoms with E-state index < -0.39 is 0 Å². The zero-order chi connectivity index (χ0) is 12.8. The van der Waals surface area contributed by atoms with Crippen LogP contribution in [-0.4, -0.2) is 36.1 Å². The molecule has 1 rings (SSSR count). The van der Waals surface area contributed by atoms with Crippen LogP contribution in [0.5, 0.6) is 0 Å². The normalized spacial score (nSPS) is 14.9. The van der Waals surface area contributed by atoms with Crippen molar-refractivity contribution >= 4 is 0 Å². The number of ether oxygens (including phenoxy) is 1. The highest BCUT2D eigenvalue weighted by molar-refractivity contribution is 5.10.